The number of carboxylic acid groups (broad SMARTS) is 1. The summed E-state index contributed by atoms with van der Waals surface area (Å²) in [4.78, 5) is 30.1. The second-order valence-electron chi connectivity index (χ2n) is 4.89. The molecular weight excluding hydrogens is 370 g/mol. The number of hydrogen-bond donors (Lipinski definition) is 1. The molecule has 1 aromatic heterocycles. The molecule has 12 nitrogen and oxygen atoms in total. The molecule has 1 N–H and O–H groups in total. The molecule has 0 aliphatic rings. The molecule has 0 saturated heterocycles. The molecule has 140 valence electrons. The first-order chi connectivity index (χ1) is 12.1. The van der Waals surface area contributed by atoms with Gasteiger partial charge < -0.3 is 20.4 Å². The van der Waals surface area contributed by atoms with Gasteiger partial charge in [0.15, 0.2) is 0 Å². The van der Waals surface area contributed by atoms with Crippen LogP contribution in [0.5, 0.6) is 0 Å². The van der Waals surface area contributed by atoms with Gasteiger partial charge in [-0.15, -0.1) is 4.68 Å². The van der Waals surface area contributed by atoms with Gasteiger partial charge in [0, 0.05) is 18.7 Å². The molecule has 0 saturated carbocycles. The molecule has 2 rings (SSSR count). The normalized spacial score (nSPS) is 9.96. The fourth-order valence-electron chi connectivity index (χ4n) is 1.98. The Labute approximate surface area is 150 Å². The Morgan fingerprint density at radius 1 is 1.35 bits per heavy atom. The van der Waals surface area contributed by atoms with Crippen LogP contribution in [0, 0.1) is 32.4 Å². The number of aromatic carboxylic acids is 1. The molecule has 1 heterocycles. The highest BCUT2D eigenvalue weighted by Gasteiger charge is 2.24. The summed E-state index contributed by atoms with van der Waals surface area (Å²) in [6.07, 6.45) is 0. The number of aryl methyl sites for hydroxylation is 1. The van der Waals surface area contributed by atoms with Crippen molar-refractivity contribution in [2.24, 2.45) is 14.1 Å². The number of thioether (sulfide) groups is 1. The van der Waals surface area contributed by atoms with Gasteiger partial charge in [-0.1, -0.05) is 6.07 Å². The molecule has 26 heavy (non-hydrogen) atoms. The number of carbonyl (C=O) groups is 1. The Morgan fingerprint density at radius 3 is 2.35 bits per heavy atom. The van der Waals surface area contributed by atoms with Gasteiger partial charge in [-0.25, -0.2) is 9.36 Å². The summed E-state index contributed by atoms with van der Waals surface area (Å²) in [5.41, 5.74) is -0.0620. The van der Waals surface area contributed by atoms with Gasteiger partial charge in [0.05, 0.1) is 40.3 Å². The predicted octanol–water partition coefficient (Wildman–Crippen LogP) is 1.21. The van der Waals surface area contributed by atoms with Crippen LogP contribution in [0.4, 0.5) is 5.69 Å². The zero-order valence-electron chi connectivity index (χ0n) is 14.0. The van der Waals surface area contributed by atoms with Gasteiger partial charge in [-0.3, -0.25) is 10.1 Å². The second kappa shape index (κ2) is 8.75. The van der Waals surface area contributed by atoms with Crippen LogP contribution in [0.2, 0.25) is 0 Å². The third kappa shape index (κ3) is 5.14. The monoisotopic (exact) mass is 385 g/mol. The minimum atomic E-state index is -1.75. The molecule has 1 aromatic carbocycles. The summed E-state index contributed by atoms with van der Waals surface area (Å²) in [7, 11) is 3.63. The third-order valence-corrected chi connectivity index (χ3v) is 4.45. The molecule has 0 bridgehead atoms. The van der Waals surface area contributed by atoms with E-state index in [1.54, 1.807) is 11.7 Å². The maximum absolute atomic E-state index is 11.3. The molecule has 0 aliphatic carbocycles. The minimum Gasteiger partial charge on any atom is -0.478 e. The molecule has 0 unspecified atom stereocenters. The molecule has 2 aromatic rings. The maximum atomic E-state index is 11.3. The highest BCUT2D eigenvalue weighted by atomic mass is 32.2. The van der Waals surface area contributed by atoms with E-state index < -0.39 is 16.0 Å². The fraction of sp³-hybridized carbons (Fsp3) is 0.308. The van der Waals surface area contributed by atoms with E-state index in [0.29, 0.717) is 5.16 Å². The van der Waals surface area contributed by atoms with Crippen molar-refractivity contribution in [3.05, 3.63) is 60.6 Å². The van der Waals surface area contributed by atoms with Crippen molar-refractivity contribution in [1.29, 1.82) is 0 Å². The highest BCUT2D eigenvalue weighted by Crippen LogP contribution is 2.29. The lowest BCUT2D eigenvalue weighted by atomic mass is 10.1. The Kier molecular flexibility index (Phi) is 7.01. The number of nitrogens with zero attached hydrogens (tertiary/aromatic N) is 5. The molecule has 0 spiro atoms. The van der Waals surface area contributed by atoms with Gasteiger partial charge in [0.1, 0.15) is 0 Å². The number of carboxylic acids is 1. The maximum Gasteiger partial charge on any atom is 0.336 e. The van der Waals surface area contributed by atoms with Gasteiger partial charge >= 0.3 is 11.1 Å². The van der Waals surface area contributed by atoms with E-state index in [9.17, 15) is 20.0 Å². The first-order valence-corrected chi connectivity index (χ1v) is 7.88. The first kappa shape index (κ1) is 20.8. The lowest BCUT2D eigenvalue weighted by Gasteiger charge is -2.05. The van der Waals surface area contributed by atoms with Crippen molar-refractivity contribution in [3.8, 4) is 0 Å². The summed E-state index contributed by atoms with van der Waals surface area (Å²) in [6.45, 7) is 1.89. The molecule has 0 fully saturated rings. The summed E-state index contributed by atoms with van der Waals surface area (Å²) >= 11 is 1.26. The zero-order chi connectivity index (χ0) is 20.0. The van der Waals surface area contributed by atoms with Crippen LogP contribution in [0.1, 0.15) is 21.7 Å². The SMILES string of the molecule is Cc1n(C)nc(SCc2c(C(=O)O)cccc2[N+](=O)[O-])[n+]1C.O=[N+]([O-])[O-]. The average Bonchev–Trinajstić information content (AvgIpc) is 2.78. The zero-order valence-corrected chi connectivity index (χ0v) is 14.8. The van der Waals surface area contributed by atoms with E-state index in [1.807, 2.05) is 18.5 Å². The van der Waals surface area contributed by atoms with Crippen molar-refractivity contribution < 1.29 is 24.5 Å². The molecule has 0 amide bonds. The molecule has 0 aliphatic heterocycles. The van der Waals surface area contributed by atoms with Crippen LogP contribution >= 0.6 is 11.8 Å². The first-order valence-electron chi connectivity index (χ1n) is 6.89. The Balaban J connectivity index is 0.000000765. The quantitative estimate of drug-likeness (QED) is 0.344. The molecular formula is C13H15N5O7S. The lowest BCUT2D eigenvalue weighted by Crippen LogP contribution is -2.32. The van der Waals surface area contributed by atoms with Crippen LogP contribution in [0.15, 0.2) is 23.4 Å². The molecule has 13 heteroatoms. The minimum absolute atomic E-state index is 0.0583. The van der Waals surface area contributed by atoms with E-state index in [1.165, 1.54) is 30.0 Å². The van der Waals surface area contributed by atoms with E-state index in [4.69, 9.17) is 15.3 Å². The van der Waals surface area contributed by atoms with Crippen molar-refractivity contribution in [1.82, 2.24) is 9.78 Å². The molecule has 0 radical (unpaired) electrons. The predicted molar refractivity (Wildman–Crippen MR) is 89.1 cm³/mol. The Morgan fingerprint density at radius 2 is 1.92 bits per heavy atom. The van der Waals surface area contributed by atoms with E-state index in [0.717, 1.165) is 5.82 Å². The summed E-state index contributed by atoms with van der Waals surface area (Å²) in [6, 6.07) is 4.06. The Bertz CT molecular complexity index is 815. The van der Waals surface area contributed by atoms with Crippen molar-refractivity contribution in [3.63, 3.8) is 0 Å². The molecule has 0 atom stereocenters. The van der Waals surface area contributed by atoms with Crippen LogP contribution in [-0.4, -0.2) is 30.9 Å². The van der Waals surface area contributed by atoms with Gasteiger partial charge in [-0.2, -0.15) is 0 Å². The van der Waals surface area contributed by atoms with Crippen molar-refractivity contribution >= 4 is 23.4 Å². The topological polar surface area (TPSA) is 168 Å². The second-order valence-corrected chi connectivity index (χ2v) is 5.83. The number of nitro groups is 1. The van der Waals surface area contributed by atoms with Crippen molar-refractivity contribution in [2.75, 3.05) is 0 Å². The number of aromatic nitrogens is 3. The van der Waals surface area contributed by atoms with Gasteiger partial charge in [-0.05, 0) is 17.8 Å². The van der Waals surface area contributed by atoms with Crippen LogP contribution in [0.3, 0.4) is 0 Å². The average molecular weight is 385 g/mol. The number of benzene rings is 1. The van der Waals surface area contributed by atoms with E-state index in [2.05, 4.69) is 5.10 Å². The smallest absolute Gasteiger partial charge is 0.336 e. The van der Waals surface area contributed by atoms with Crippen LogP contribution < -0.4 is 4.57 Å². The summed E-state index contributed by atoms with van der Waals surface area (Å²) in [5, 5.41) is 40.0. The van der Waals surface area contributed by atoms with Crippen molar-refractivity contribution in [2.45, 2.75) is 17.8 Å². The van der Waals surface area contributed by atoms with Crippen LogP contribution in [0.25, 0.3) is 0 Å². The number of nitro benzene ring substituents is 1. The van der Waals surface area contributed by atoms with E-state index in [-0.39, 0.29) is 22.6 Å². The fourth-order valence-corrected chi connectivity index (χ4v) is 3.07. The largest absolute Gasteiger partial charge is 0.478 e. The Hall–Kier alpha value is -3.22. The number of hydrogen-bond acceptors (Lipinski definition) is 8. The lowest BCUT2D eigenvalue weighted by molar-refractivity contribution is -0.715. The van der Waals surface area contributed by atoms with E-state index >= 15 is 0 Å². The third-order valence-electron chi connectivity index (χ3n) is 3.40. The number of rotatable bonds is 5. The highest BCUT2D eigenvalue weighted by molar-refractivity contribution is 7.98. The standard InChI is InChI=1S/C13H14N4O4S.NO3/c1-8-15(2)13(14-16(8)3)22-7-10-9(12(18)19)5-4-6-11(10)17(20)21;2-1(3)4/h4-6H,7H2,1-3H3;/q;-1/p+1. The summed E-state index contributed by atoms with van der Waals surface area (Å²) < 4.78 is 3.54. The van der Waals surface area contributed by atoms with Gasteiger partial charge in [0.2, 0.25) is 5.82 Å². The van der Waals surface area contributed by atoms with Gasteiger partial charge in [0.25, 0.3) is 5.69 Å². The summed E-state index contributed by atoms with van der Waals surface area (Å²) in [5.74, 6) is -0.104. The van der Waals surface area contributed by atoms with Crippen LogP contribution in [-0.2, 0) is 19.8 Å².